The fourth-order valence-corrected chi connectivity index (χ4v) is 5.99. The molecule has 6 heteroatoms. The van der Waals surface area contributed by atoms with Gasteiger partial charge in [0.25, 0.3) is 0 Å². The lowest BCUT2D eigenvalue weighted by atomic mass is 9.49. The molecule has 0 heterocycles. The summed E-state index contributed by atoms with van der Waals surface area (Å²) in [6, 6.07) is 0. The Bertz CT molecular complexity index is 725. The fourth-order valence-electron chi connectivity index (χ4n) is 5.99. The van der Waals surface area contributed by atoms with Crippen LogP contribution in [0.3, 0.4) is 0 Å². The monoisotopic (exact) mass is 394 g/mol. The maximum Gasteiger partial charge on any atom is 0.303 e. The van der Waals surface area contributed by atoms with Crippen LogP contribution in [0.5, 0.6) is 0 Å². The largest absolute Gasteiger partial charge is 0.459 e. The third-order valence-electron chi connectivity index (χ3n) is 7.99. The van der Waals surface area contributed by atoms with Crippen LogP contribution in [0.2, 0.25) is 0 Å². The van der Waals surface area contributed by atoms with E-state index < -0.39 is 46.8 Å². The standard InChI is InChI=1S/C22H34O6/c1-11-14-9-22(27)10-16(25)12(2)17(20(22,4)5)18(26)19(28-13(3)23)21(14,6)8-7-15(11)24/h14-16,18-19,24-27H,1,7-10H2,2-6H3. The second kappa shape index (κ2) is 6.66. The van der Waals surface area contributed by atoms with Crippen molar-refractivity contribution in [1.29, 1.82) is 0 Å². The van der Waals surface area contributed by atoms with Crippen molar-refractivity contribution in [2.45, 2.75) is 90.3 Å². The number of esters is 1. The predicted molar refractivity (Wildman–Crippen MR) is 104 cm³/mol. The van der Waals surface area contributed by atoms with Gasteiger partial charge in [-0.1, -0.05) is 27.4 Å². The van der Waals surface area contributed by atoms with Gasteiger partial charge >= 0.3 is 5.97 Å². The van der Waals surface area contributed by atoms with Crippen LogP contribution in [0.25, 0.3) is 0 Å². The van der Waals surface area contributed by atoms with Crippen molar-refractivity contribution in [2.24, 2.45) is 16.7 Å². The number of carbonyl (C=O) groups excluding carboxylic acids is 1. The molecule has 2 fully saturated rings. The molecule has 3 aliphatic carbocycles. The van der Waals surface area contributed by atoms with Crippen molar-refractivity contribution in [2.75, 3.05) is 0 Å². The Balaban J connectivity index is 2.27. The summed E-state index contributed by atoms with van der Waals surface area (Å²) < 4.78 is 5.69. The Morgan fingerprint density at radius 3 is 2.32 bits per heavy atom. The number of hydrogen-bond acceptors (Lipinski definition) is 6. The fraction of sp³-hybridized carbons (Fsp3) is 0.773. The molecule has 0 aromatic carbocycles. The van der Waals surface area contributed by atoms with E-state index in [0.717, 1.165) is 0 Å². The zero-order chi connectivity index (χ0) is 21.2. The molecule has 2 saturated carbocycles. The SMILES string of the molecule is C=C1C(O)CCC2(C)C1CC1(O)CC(O)C(C)=C(C(O)C2OC(C)=O)C1(C)C. The van der Waals surface area contributed by atoms with Gasteiger partial charge in [0.15, 0.2) is 0 Å². The van der Waals surface area contributed by atoms with E-state index in [-0.39, 0.29) is 18.8 Å². The lowest BCUT2D eigenvalue weighted by Gasteiger charge is -2.60. The maximum absolute atomic E-state index is 11.9. The summed E-state index contributed by atoms with van der Waals surface area (Å²) in [7, 11) is 0. The molecule has 3 rings (SSSR count). The Kier molecular flexibility index (Phi) is 5.11. The first-order valence-electron chi connectivity index (χ1n) is 10.1. The number of rotatable bonds is 1. The van der Waals surface area contributed by atoms with Gasteiger partial charge in [0.05, 0.1) is 17.8 Å². The van der Waals surface area contributed by atoms with Gasteiger partial charge in [0.1, 0.15) is 12.2 Å². The molecule has 0 aromatic rings. The molecule has 0 saturated heterocycles. The van der Waals surface area contributed by atoms with E-state index in [4.69, 9.17) is 4.74 Å². The number of ether oxygens (including phenoxy) is 1. The van der Waals surface area contributed by atoms with E-state index in [1.54, 1.807) is 6.92 Å². The van der Waals surface area contributed by atoms with Crippen LogP contribution >= 0.6 is 0 Å². The molecule has 3 aliphatic rings. The van der Waals surface area contributed by atoms with E-state index in [1.807, 2.05) is 20.8 Å². The third-order valence-corrected chi connectivity index (χ3v) is 7.99. The molecule has 0 amide bonds. The quantitative estimate of drug-likeness (QED) is 0.399. The lowest BCUT2D eigenvalue weighted by molar-refractivity contribution is -0.189. The van der Waals surface area contributed by atoms with Gasteiger partial charge in [-0.3, -0.25) is 4.79 Å². The van der Waals surface area contributed by atoms with Crippen molar-refractivity contribution >= 4 is 5.97 Å². The number of aliphatic hydroxyl groups excluding tert-OH is 3. The van der Waals surface area contributed by atoms with Crippen molar-refractivity contribution in [3.8, 4) is 0 Å². The van der Waals surface area contributed by atoms with Crippen molar-refractivity contribution in [1.82, 2.24) is 0 Å². The maximum atomic E-state index is 11.9. The molecule has 158 valence electrons. The Labute approximate surface area is 166 Å². The first-order valence-corrected chi connectivity index (χ1v) is 10.1. The highest BCUT2D eigenvalue weighted by Gasteiger charge is 2.62. The minimum atomic E-state index is -1.30. The van der Waals surface area contributed by atoms with E-state index in [0.29, 0.717) is 29.6 Å². The van der Waals surface area contributed by atoms with Crippen LogP contribution in [0, 0.1) is 16.7 Å². The Morgan fingerprint density at radius 2 is 1.75 bits per heavy atom. The molecule has 2 bridgehead atoms. The highest BCUT2D eigenvalue weighted by molar-refractivity contribution is 5.66. The van der Waals surface area contributed by atoms with Crippen LogP contribution in [-0.4, -0.2) is 56.4 Å². The van der Waals surface area contributed by atoms with Crippen molar-refractivity contribution in [3.63, 3.8) is 0 Å². The summed E-state index contributed by atoms with van der Waals surface area (Å²) in [5.74, 6) is -0.865. The topological polar surface area (TPSA) is 107 Å². The highest BCUT2D eigenvalue weighted by atomic mass is 16.6. The van der Waals surface area contributed by atoms with Gasteiger partial charge in [-0.05, 0) is 48.8 Å². The van der Waals surface area contributed by atoms with Crippen LogP contribution in [0.4, 0.5) is 0 Å². The second-order valence-corrected chi connectivity index (χ2v) is 9.84. The van der Waals surface area contributed by atoms with E-state index in [9.17, 15) is 25.2 Å². The Morgan fingerprint density at radius 1 is 1.14 bits per heavy atom. The van der Waals surface area contributed by atoms with Gasteiger partial charge in [-0.25, -0.2) is 0 Å². The zero-order valence-corrected chi connectivity index (χ0v) is 17.5. The zero-order valence-electron chi connectivity index (χ0n) is 17.5. The molecule has 0 aromatic heterocycles. The van der Waals surface area contributed by atoms with E-state index >= 15 is 0 Å². The molecule has 0 spiro atoms. The molecule has 7 unspecified atom stereocenters. The smallest absolute Gasteiger partial charge is 0.303 e. The van der Waals surface area contributed by atoms with Crippen molar-refractivity contribution in [3.05, 3.63) is 23.3 Å². The molecule has 4 N–H and O–H groups in total. The third kappa shape index (κ3) is 2.88. The highest BCUT2D eigenvalue weighted by Crippen LogP contribution is 2.60. The average molecular weight is 395 g/mol. The summed E-state index contributed by atoms with van der Waals surface area (Å²) in [6.07, 6.45) is -2.23. The van der Waals surface area contributed by atoms with Crippen LogP contribution in [0.1, 0.15) is 60.3 Å². The van der Waals surface area contributed by atoms with Crippen molar-refractivity contribution < 1.29 is 30.0 Å². The Hall–Kier alpha value is -1.21. The minimum Gasteiger partial charge on any atom is -0.459 e. The molecule has 28 heavy (non-hydrogen) atoms. The van der Waals surface area contributed by atoms with Crippen LogP contribution in [-0.2, 0) is 9.53 Å². The van der Waals surface area contributed by atoms with Gasteiger partial charge in [-0.2, -0.15) is 0 Å². The minimum absolute atomic E-state index is 0.149. The number of fused-ring (bicyclic) bond motifs is 3. The van der Waals surface area contributed by atoms with Gasteiger partial charge in [0.2, 0.25) is 0 Å². The van der Waals surface area contributed by atoms with Crippen LogP contribution in [0.15, 0.2) is 23.3 Å². The lowest BCUT2D eigenvalue weighted by Crippen LogP contribution is -2.64. The van der Waals surface area contributed by atoms with Crippen LogP contribution < -0.4 is 0 Å². The predicted octanol–water partition coefficient (Wildman–Crippen LogP) is 1.85. The van der Waals surface area contributed by atoms with Gasteiger partial charge in [-0.15, -0.1) is 0 Å². The van der Waals surface area contributed by atoms with Gasteiger partial charge in [0, 0.05) is 24.2 Å². The number of carbonyl (C=O) groups is 1. The molecule has 0 radical (unpaired) electrons. The molecule has 7 atom stereocenters. The summed E-state index contributed by atoms with van der Waals surface area (Å²) in [6.45, 7) is 12.8. The molecule has 0 aliphatic heterocycles. The molecule has 6 nitrogen and oxygen atoms in total. The summed E-state index contributed by atoms with van der Waals surface area (Å²) in [4.78, 5) is 11.9. The summed E-state index contributed by atoms with van der Waals surface area (Å²) >= 11 is 0. The first kappa shape index (κ1) is 21.5. The summed E-state index contributed by atoms with van der Waals surface area (Å²) in [5.41, 5.74) is -1.09. The molecular weight excluding hydrogens is 360 g/mol. The normalized spacial score (nSPS) is 45.8. The second-order valence-electron chi connectivity index (χ2n) is 9.84. The van der Waals surface area contributed by atoms with E-state index in [1.165, 1.54) is 6.92 Å². The number of aliphatic hydroxyl groups is 4. The average Bonchev–Trinajstić information content (AvgIpc) is 2.58. The van der Waals surface area contributed by atoms with Gasteiger partial charge < -0.3 is 25.2 Å². The molecular formula is C22H34O6. The number of hydrogen-bond donors (Lipinski definition) is 4. The van der Waals surface area contributed by atoms with E-state index in [2.05, 4.69) is 6.58 Å². The summed E-state index contributed by atoms with van der Waals surface area (Å²) in [5, 5.41) is 44.3. The first-order chi connectivity index (χ1) is 12.8.